The molecule has 0 atom stereocenters. The summed E-state index contributed by atoms with van der Waals surface area (Å²) in [5.41, 5.74) is 1.41. The van der Waals surface area contributed by atoms with E-state index < -0.39 is 0 Å². The molecule has 0 spiro atoms. The molecule has 0 aliphatic rings. The second-order valence-electron chi connectivity index (χ2n) is 3.76. The van der Waals surface area contributed by atoms with Gasteiger partial charge in [-0.15, -0.1) is 6.58 Å². The van der Waals surface area contributed by atoms with E-state index in [2.05, 4.69) is 13.2 Å². The van der Waals surface area contributed by atoms with E-state index in [1.54, 1.807) is 6.08 Å². The van der Waals surface area contributed by atoms with E-state index in [-0.39, 0.29) is 25.2 Å². The predicted octanol–water partition coefficient (Wildman–Crippen LogP) is 2.56. The normalized spacial score (nSPS) is 10.7. The van der Waals surface area contributed by atoms with Crippen LogP contribution in [0, 0.1) is 0 Å². The van der Waals surface area contributed by atoms with Gasteiger partial charge in [0.15, 0.2) is 0 Å². The maximum Gasteiger partial charge on any atom is 0.302 e. The van der Waals surface area contributed by atoms with Crippen LogP contribution in [0.5, 0.6) is 0 Å². The van der Waals surface area contributed by atoms with Gasteiger partial charge in [-0.3, -0.25) is 9.59 Å². The van der Waals surface area contributed by atoms with Crippen molar-refractivity contribution in [2.75, 3.05) is 13.2 Å². The van der Waals surface area contributed by atoms with Crippen LogP contribution >= 0.6 is 0 Å². The number of hydrogen-bond acceptors (Lipinski definition) is 4. The van der Waals surface area contributed by atoms with E-state index in [0.717, 1.165) is 18.4 Å². The minimum Gasteiger partial charge on any atom is -0.461 e. The lowest BCUT2D eigenvalue weighted by molar-refractivity contribution is -0.141. The van der Waals surface area contributed by atoms with E-state index in [0.29, 0.717) is 5.57 Å². The Labute approximate surface area is 108 Å². The topological polar surface area (TPSA) is 52.6 Å². The highest BCUT2D eigenvalue weighted by atomic mass is 16.5. The minimum absolute atomic E-state index is 0.108. The average Bonchev–Trinajstić information content (AvgIpc) is 2.30. The van der Waals surface area contributed by atoms with Gasteiger partial charge in [0.05, 0.1) is 0 Å². The molecule has 0 aliphatic heterocycles. The first-order valence-corrected chi connectivity index (χ1v) is 5.72. The number of esters is 2. The highest BCUT2D eigenvalue weighted by Gasteiger charge is 2.06. The lowest BCUT2D eigenvalue weighted by Crippen LogP contribution is -2.10. The molecule has 0 aromatic heterocycles. The largest absolute Gasteiger partial charge is 0.461 e. The number of carbonyl (C=O) groups excluding carboxylic acids is 2. The van der Waals surface area contributed by atoms with Gasteiger partial charge in [-0.2, -0.15) is 0 Å². The fraction of sp³-hybridized carbons (Fsp3) is 0.429. The second kappa shape index (κ2) is 9.22. The Bertz CT molecular complexity index is 353. The van der Waals surface area contributed by atoms with Crippen LogP contribution in [0.15, 0.2) is 36.5 Å². The van der Waals surface area contributed by atoms with E-state index in [1.807, 2.05) is 6.08 Å². The summed E-state index contributed by atoms with van der Waals surface area (Å²) in [6, 6.07) is 0. The van der Waals surface area contributed by atoms with Crippen molar-refractivity contribution in [3.05, 3.63) is 36.5 Å². The molecule has 0 bridgehead atoms. The summed E-state index contributed by atoms with van der Waals surface area (Å²) in [5, 5.41) is 0. The van der Waals surface area contributed by atoms with Gasteiger partial charge in [-0.25, -0.2) is 0 Å². The van der Waals surface area contributed by atoms with Crippen molar-refractivity contribution in [3.8, 4) is 0 Å². The molecule has 0 saturated carbocycles. The highest BCUT2D eigenvalue weighted by Crippen LogP contribution is 2.11. The molecule has 0 N–H and O–H groups in total. The molecule has 0 radical (unpaired) electrons. The quantitative estimate of drug-likeness (QED) is 0.288. The summed E-state index contributed by atoms with van der Waals surface area (Å²) in [6.07, 6.45) is 5.31. The fourth-order valence-corrected chi connectivity index (χ4v) is 1.14. The molecule has 0 aliphatic carbocycles. The van der Waals surface area contributed by atoms with Crippen molar-refractivity contribution in [2.45, 2.75) is 26.7 Å². The fourth-order valence-electron chi connectivity index (χ4n) is 1.14. The van der Waals surface area contributed by atoms with Gasteiger partial charge in [-0.05, 0) is 24.0 Å². The number of carbonyl (C=O) groups is 2. The maximum absolute atomic E-state index is 10.8. The first-order valence-electron chi connectivity index (χ1n) is 5.72. The van der Waals surface area contributed by atoms with Crippen LogP contribution in [0.25, 0.3) is 0 Å². The number of ether oxygens (including phenoxy) is 2. The maximum atomic E-state index is 10.8. The van der Waals surface area contributed by atoms with Crippen LogP contribution in [0.1, 0.15) is 26.7 Å². The Morgan fingerprint density at radius 2 is 1.61 bits per heavy atom. The molecule has 100 valence electrons. The molecular formula is C14H20O4. The number of rotatable bonds is 8. The molecular weight excluding hydrogens is 232 g/mol. The van der Waals surface area contributed by atoms with E-state index in [9.17, 15) is 9.59 Å². The van der Waals surface area contributed by atoms with Crippen molar-refractivity contribution < 1.29 is 19.1 Å². The lowest BCUT2D eigenvalue weighted by Gasteiger charge is -2.11. The zero-order valence-corrected chi connectivity index (χ0v) is 11.0. The molecule has 0 fully saturated rings. The third kappa shape index (κ3) is 8.33. The van der Waals surface area contributed by atoms with Gasteiger partial charge in [0, 0.05) is 13.8 Å². The number of hydrogen-bond donors (Lipinski definition) is 0. The summed E-state index contributed by atoms with van der Waals surface area (Å²) in [4.78, 5) is 21.5. The Balaban J connectivity index is 4.47. The van der Waals surface area contributed by atoms with Gasteiger partial charge >= 0.3 is 11.9 Å². The number of allylic oxidation sites excluding steroid dienone is 2. The standard InChI is InChI=1S/C14H20O4/c1-5-6-7-8-14(10-18-13(4)16)11(2)9-17-12(3)15/h5,8H,1-2,6-7,9-10H2,3-4H3/b14-8+. The third-order valence-corrected chi connectivity index (χ3v) is 2.10. The smallest absolute Gasteiger partial charge is 0.302 e. The molecule has 0 unspecified atom stereocenters. The second-order valence-corrected chi connectivity index (χ2v) is 3.76. The van der Waals surface area contributed by atoms with E-state index >= 15 is 0 Å². The zero-order valence-electron chi connectivity index (χ0n) is 11.0. The van der Waals surface area contributed by atoms with Crippen molar-refractivity contribution in [1.82, 2.24) is 0 Å². The van der Waals surface area contributed by atoms with E-state index in [1.165, 1.54) is 13.8 Å². The average molecular weight is 252 g/mol. The van der Waals surface area contributed by atoms with Crippen molar-refractivity contribution in [1.29, 1.82) is 0 Å². The third-order valence-electron chi connectivity index (χ3n) is 2.10. The summed E-state index contributed by atoms with van der Waals surface area (Å²) < 4.78 is 9.79. The first kappa shape index (κ1) is 16.2. The van der Waals surface area contributed by atoms with Crippen molar-refractivity contribution in [2.24, 2.45) is 0 Å². The molecule has 0 aromatic rings. The molecule has 4 heteroatoms. The van der Waals surface area contributed by atoms with Crippen LogP contribution in [0.2, 0.25) is 0 Å². The van der Waals surface area contributed by atoms with Gasteiger partial charge in [0.25, 0.3) is 0 Å². The Morgan fingerprint density at radius 1 is 1.06 bits per heavy atom. The summed E-state index contributed by atoms with van der Waals surface area (Å²) in [7, 11) is 0. The van der Waals surface area contributed by atoms with Crippen LogP contribution in [0.4, 0.5) is 0 Å². The summed E-state index contributed by atoms with van der Waals surface area (Å²) in [6.45, 7) is 10.4. The molecule has 0 rings (SSSR count). The van der Waals surface area contributed by atoms with Gasteiger partial charge in [0.1, 0.15) is 13.2 Å². The van der Waals surface area contributed by atoms with Crippen LogP contribution in [0.3, 0.4) is 0 Å². The van der Waals surface area contributed by atoms with E-state index in [4.69, 9.17) is 9.47 Å². The van der Waals surface area contributed by atoms with Gasteiger partial charge in [0.2, 0.25) is 0 Å². The molecule has 0 amide bonds. The highest BCUT2D eigenvalue weighted by molar-refractivity contribution is 5.67. The van der Waals surface area contributed by atoms with Crippen molar-refractivity contribution >= 4 is 11.9 Å². The molecule has 0 aromatic carbocycles. The monoisotopic (exact) mass is 252 g/mol. The molecule has 0 heterocycles. The molecule has 18 heavy (non-hydrogen) atoms. The minimum atomic E-state index is -0.367. The molecule has 4 nitrogen and oxygen atoms in total. The van der Waals surface area contributed by atoms with Crippen molar-refractivity contribution in [3.63, 3.8) is 0 Å². The Morgan fingerprint density at radius 3 is 2.11 bits per heavy atom. The lowest BCUT2D eigenvalue weighted by atomic mass is 10.1. The predicted molar refractivity (Wildman–Crippen MR) is 69.9 cm³/mol. The zero-order chi connectivity index (χ0) is 14.0. The summed E-state index contributed by atoms with van der Waals surface area (Å²) >= 11 is 0. The van der Waals surface area contributed by atoms with Crippen LogP contribution in [-0.2, 0) is 19.1 Å². The van der Waals surface area contributed by atoms with Gasteiger partial charge < -0.3 is 9.47 Å². The Hall–Kier alpha value is -1.84. The summed E-state index contributed by atoms with van der Waals surface area (Å²) in [5.74, 6) is -0.723. The first-order chi connectivity index (χ1) is 8.47. The van der Waals surface area contributed by atoms with Gasteiger partial charge in [-0.1, -0.05) is 18.7 Å². The van der Waals surface area contributed by atoms with Crippen LogP contribution in [-0.4, -0.2) is 25.2 Å². The van der Waals surface area contributed by atoms with Crippen LogP contribution < -0.4 is 0 Å². The Kier molecular flexibility index (Phi) is 8.27. The SMILES string of the molecule is C=CCC/C=C(\COC(C)=O)C(=C)COC(C)=O. The number of unbranched alkanes of at least 4 members (excludes halogenated alkanes) is 1. The molecule has 0 saturated heterocycles.